The quantitative estimate of drug-likeness (QED) is 0.619. The first-order valence-corrected chi connectivity index (χ1v) is 9.93. The Morgan fingerprint density at radius 1 is 1.12 bits per heavy atom. The van der Waals surface area contributed by atoms with Crippen LogP contribution in [0, 0.1) is 5.92 Å². The van der Waals surface area contributed by atoms with Crippen LogP contribution < -0.4 is 16.4 Å². The van der Waals surface area contributed by atoms with Crippen LogP contribution in [-0.2, 0) is 4.79 Å². The first kappa shape index (κ1) is 20.2. The van der Waals surface area contributed by atoms with E-state index in [9.17, 15) is 9.59 Å². The van der Waals surface area contributed by atoms with Crippen molar-refractivity contribution < 1.29 is 9.59 Å². The van der Waals surface area contributed by atoms with E-state index in [0.29, 0.717) is 15.4 Å². The highest BCUT2D eigenvalue weighted by Gasteiger charge is 2.26. The van der Waals surface area contributed by atoms with Crippen LogP contribution >= 0.6 is 23.1 Å². The predicted molar refractivity (Wildman–Crippen MR) is 106 cm³/mol. The fourth-order valence-corrected chi connectivity index (χ4v) is 4.16. The van der Waals surface area contributed by atoms with E-state index in [2.05, 4.69) is 46.8 Å². The molecule has 3 amide bonds. The summed E-state index contributed by atoms with van der Waals surface area (Å²) in [5.41, 5.74) is 7.22. The Bertz CT molecular complexity index is 759. The minimum atomic E-state index is -0.856. The van der Waals surface area contributed by atoms with Crippen LogP contribution in [0.2, 0.25) is 0 Å². The zero-order valence-electron chi connectivity index (χ0n) is 15.1. The molecule has 0 aliphatic carbocycles. The third-order valence-electron chi connectivity index (χ3n) is 3.57. The summed E-state index contributed by atoms with van der Waals surface area (Å²) in [7, 11) is 0. The smallest absolute Gasteiger partial charge is 0.318 e. The average molecular weight is 394 g/mol. The largest absolute Gasteiger partial charge is 0.351 e. The molecular formula is C17H23N5O2S2. The van der Waals surface area contributed by atoms with Crippen molar-refractivity contribution in [3.63, 3.8) is 0 Å². The lowest BCUT2D eigenvalue weighted by Gasteiger charge is -2.16. The SMILES string of the molecule is CC(C)c1ccc(Nc2nnc(SC(C(=O)NC(N)=O)C(C)C)s2)cc1. The summed E-state index contributed by atoms with van der Waals surface area (Å²) < 4.78 is 0.643. The molecule has 26 heavy (non-hydrogen) atoms. The van der Waals surface area contributed by atoms with Crippen molar-refractivity contribution in [2.24, 2.45) is 11.7 Å². The van der Waals surface area contributed by atoms with E-state index in [1.165, 1.54) is 28.7 Å². The summed E-state index contributed by atoms with van der Waals surface area (Å²) in [6, 6.07) is 7.30. The molecule has 0 spiro atoms. The lowest BCUT2D eigenvalue weighted by Crippen LogP contribution is -2.42. The van der Waals surface area contributed by atoms with Crippen LogP contribution in [0.5, 0.6) is 0 Å². The minimum absolute atomic E-state index is 0.00300. The molecule has 0 aliphatic heterocycles. The highest BCUT2D eigenvalue weighted by Crippen LogP contribution is 2.33. The summed E-state index contributed by atoms with van der Waals surface area (Å²) in [6.45, 7) is 8.09. The van der Waals surface area contributed by atoms with Gasteiger partial charge in [0.15, 0.2) is 4.34 Å². The number of thioether (sulfide) groups is 1. The number of nitrogens with one attached hydrogen (secondary N) is 2. The molecule has 0 saturated carbocycles. The standard InChI is InChI=1S/C17H23N5O2S2/c1-9(2)11-5-7-12(8-6-11)19-16-21-22-17(26-16)25-13(10(3)4)14(23)20-15(18)24/h5-10,13H,1-4H3,(H,19,21)(H3,18,20,23,24). The number of amides is 3. The summed E-state index contributed by atoms with van der Waals surface area (Å²) in [5, 5.41) is 13.7. The molecule has 0 radical (unpaired) electrons. The number of imide groups is 1. The number of carbonyl (C=O) groups is 2. The van der Waals surface area contributed by atoms with E-state index in [1.54, 1.807) is 0 Å². The van der Waals surface area contributed by atoms with Crippen molar-refractivity contribution in [2.75, 3.05) is 5.32 Å². The fraction of sp³-hybridized carbons (Fsp3) is 0.412. The van der Waals surface area contributed by atoms with Gasteiger partial charge in [0.1, 0.15) is 0 Å². The Hall–Kier alpha value is -2.13. The number of aromatic nitrogens is 2. The number of hydrogen-bond donors (Lipinski definition) is 3. The van der Waals surface area contributed by atoms with Gasteiger partial charge in [-0.2, -0.15) is 0 Å². The zero-order chi connectivity index (χ0) is 19.3. The Labute approximate surface area is 161 Å². The van der Waals surface area contributed by atoms with E-state index in [1.807, 2.05) is 26.0 Å². The number of primary amides is 1. The van der Waals surface area contributed by atoms with E-state index in [4.69, 9.17) is 5.73 Å². The Morgan fingerprint density at radius 3 is 2.31 bits per heavy atom. The van der Waals surface area contributed by atoms with Gasteiger partial charge in [-0.15, -0.1) is 10.2 Å². The van der Waals surface area contributed by atoms with E-state index >= 15 is 0 Å². The van der Waals surface area contributed by atoms with Crippen LogP contribution in [0.25, 0.3) is 0 Å². The summed E-state index contributed by atoms with van der Waals surface area (Å²) in [5.74, 6) is 0.0582. The molecule has 1 unspecified atom stereocenters. The first-order valence-electron chi connectivity index (χ1n) is 8.23. The van der Waals surface area contributed by atoms with E-state index in [-0.39, 0.29) is 5.92 Å². The van der Waals surface area contributed by atoms with Crippen molar-refractivity contribution in [1.82, 2.24) is 15.5 Å². The number of nitrogens with zero attached hydrogens (tertiary/aromatic N) is 2. The number of rotatable bonds is 7. The maximum atomic E-state index is 12.1. The van der Waals surface area contributed by atoms with Gasteiger partial charge in [0, 0.05) is 5.69 Å². The fourth-order valence-electron chi connectivity index (χ4n) is 2.18. The van der Waals surface area contributed by atoms with E-state index in [0.717, 1.165) is 5.69 Å². The predicted octanol–water partition coefficient (Wildman–Crippen LogP) is 3.72. The highest BCUT2D eigenvalue weighted by molar-refractivity contribution is 8.02. The summed E-state index contributed by atoms with van der Waals surface area (Å²) in [6.07, 6.45) is 0. The molecule has 140 valence electrons. The van der Waals surface area contributed by atoms with Crippen molar-refractivity contribution in [3.05, 3.63) is 29.8 Å². The third-order valence-corrected chi connectivity index (χ3v) is 6.04. The van der Waals surface area contributed by atoms with Gasteiger partial charge in [0.2, 0.25) is 11.0 Å². The van der Waals surface area contributed by atoms with Crippen LogP contribution in [-0.4, -0.2) is 27.4 Å². The van der Waals surface area contributed by atoms with Crippen LogP contribution in [0.3, 0.4) is 0 Å². The van der Waals surface area contributed by atoms with Gasteiger partial charge < -0.3 is 11.1 Å². The topological polar surface area (TPSA) is 110 Å². The monoisotopic (exact) mass is 393 g/mol. The van der Waals surface area contributed by atoms with Gasteiger partial charge >= 0.3 is 6.03 Å². The van der Waals surface area contributed by atoms with E-state index < -0.39 is 17.2 Å². The molecule has 4 N–H and O–H groups in total. The van der Waals surface area contributed by atoms with Crippen LogP contribution in [0.15, 0.2) is 28.6 Å². The average Bonchev–Trinajstić information content (AvgIpc) is 2.99. The Balaban J connectivity index is 2.03. The number of nitrogens with two attached hydrogens (primary N) is 1. The van der Waals surface area contributed by atoms with Gasteiger partial charge in [0.05, 0.1) is 5.25 Å². The maximum Gasteiger partial charge on any atom is 0.318 e. The molecule has 1 aromatic carbocycles. The zero-order valence-corrected chi connectivity index (χ0v) is 16.8. The number of benzene rings is 1. The third kappa shape index (κ3) is 5.70. The van der Waals surface area contributed by atoms with Gasteiger partial charge in [-0.05, 0) is 29.5 Å². The highest BCUT2D eigenvalue weighted by atomic mass is 32.2. The lowest BCUT2D eigenvalue weighted by molar-refractivity contribution is -0.120. The molecule has 0 aliphatic rings. The minimum Gasteiger partial charge on any atom is -0.351 e. The van der Waals surface area contributed by atoms with Crippen molar-refractivity contribution in [3.8, 4) is 0 Å². The second-order valence-corrected chi connectivity index (χ2v) is 8.78. The normalized spacial score (nSPS) is 12.2. The van der Waals surface area contributed by atoms with Gasteiger partial charge in [0.25, 0.3) is 0 Å². The molecule has 1 atom stereocenters. The molecule has 0 saturated heterocycles. The van der Waals surface area contributed by atoms with Gasteiger partial charge in [-0.25, -0.2) is 4.79 Å². The first-order chi connectivity index (χ1) is 12.3. The lowest BCUT2D eigenvalue weighted by atomic mass is 10.0. The Kier molecular flexibility index (Phi) is 6.98. The maximum absolute atomic E-state index is 12.1. The molecule has 7 nitrogen and oxygen atoms in total. The molecular weight excluding hydrogens is 370 g/mol. The van der Waals surface area contributed by atoms with Crippen molar-refractivity contribution in [1.29, 1.82) is 0 Å². The summed E-state index contributed by atoms with van der Waals surface area (Å²) in [4.78, 5) is 23.0. The molecule has 0 fully saturated rings. The van der Waals surface area contributed by atoms with Crippen LogP contribution in [0.1, 0.15) is 39.2 Å². The van der Waals surface area contributed by atoms with Crippen molar-refractivity contribution in [2.45, 2.75) is 43.2 Å². The molecule has 1 aromatic heterocycles. The number of urea groups is 1. The number of carbonyl (C=O) groups excluding carboxylic acids is 2. The summed E-state index contributed by atoms with van der Waals surface area (Å²) >= 11 is 2.62. The van der Waals surface area contributed by atoms with Gasteiger partial charge in [-0.3, -0.25) is 10.1 Å². The van der Waals surface area contributed by atoms with Crippen LogP contribution in [0.4, 0.5) is 15.6 Å². The number of anilines is 2. The molecule has 1 heterocycles. The Morgan fingerprint density at radius 2 is 1.77 bits per heavy atom. The molecule has 2 aromatic rings. The molecule has 2 rings (SSSR count). The second kappa shape index (κ2) is 9.00. The molecule has 9 heteroatoms. The number of hydrogen-bond acceptors (Lipinski definition) is 7. The second-order valence-electron chi connectivity index (χ2n) is 6.41. The molecule has 0 bridgehead atoms. The van der Waals surface area contributed by atoms with Crippen molar-refractivity contribution >= 4 is 45.9 Å². The van der Waals surface area contributed by atoms with Gasteiger partial charge in [-0.1, -0.05) is 62.9 Å².